The summed E-state index contributed by atoms with van der Waals surface area (Å²) >= 11 is 0. The number of aliphatic imine (C=N–C) groups is 1. The molecular formula is C26H34NNaO5. The van der Waals surface area contributed by atoms with Crippen LogP contribution in [-0.2, 0) is 25.6 Å². The van der Waals surface area contributed by atoms with Crippen LogP contribution in [0.3, 0.4) is 0 Å². The maximum absolute atomic E-state index is 10.9. The zero-order chi connectivity index (χ0) is 22.8. The molecule has 7 heteroatoms. The summed E-state index contributed by atoms with van der Waals surface area (Å²) < 4.78 is 17.1. The van der Waals surface area contributed by atoms with Gasteiger partial charge in [0.25, 0.3) is 0 Å². The molecule has 1 fully saturated rings. The molecule has 0 bridgehead atoms. The molecule has 2 aliphatic carbocycles. The van der Waals surface area contributed by atoms with Gasteiger partial charge in [0.05, 0.1) is 19.3 Å². The number of ether oxygens (including phenoxy) is 3. The standard InChI is InChI=1S/C26H35NO5.Na/c1-3-14-32-26(20-7-5-19(6-8-20)18-30-2)27-13-4-15-31-23-11-12-24-21(16-23)9-10-22(24)17-25(28)29;/h5-8,12,16,22-23H,3-4,9-11,13-15,17-18H2,1-2H3,(H,28,29);/q;+1/p-1/t22-,23?;/m0./s1. The predicted octanol–water partition coefficient (Wildman–Crippen LogP) is 0.592. The number of allylic oxidation sites excluding steroid dienone is 2. The Hall–Kier alpha value is -1.44. The third kappa shape index (κ3) is 8.69. The Kier molecular flexibility index (Phi) is 12.4. The van der Waals surface area contributed by atoms with Gasteiger partial charge in [0.1, 0.15) is 0 Å². The Morgan fingerprint density at radius 1 is 1.21 bits per heavy atom. The first-order valence-corrected chi connectivity index (χ1v) is 11.6. The molecule has 3 rings (SSSR count). The van der Waals surface area contributed by atoms with Gasteiger partial charge in [-0.15, -0.1) is 0 Å². The smallest absolute Gasteiger partial charge is 0.550 e. The van der Waals surface area contributed by atoms with Crippen molar-refractivity contribution in [3.63, 3.8) is 0 Å². The van der Waals surface area contributed by atoms with Crippen molar-refractivity contribution in [3.05, 3.63) is 58.7 Å². The summed E-state index contributed by atoms with van der Waals surface area (Å²) in [4.78, 5) is 15.6. The maximum atomic E-state index is 10.9. The molecule has 0 amide bonds. The monoisotopic (exact) mass is 463 g/mol. The third-order valence-electron chi connectivity index (χ3n) is 5.79. The Bertz CT molecular complexity index is 847. The van der Waals surface area contributed by atoms with Crippen LogP contribution in [0.15, 0.2) is 52.6 Å². The molecule has 1 aromatic carbocycles. The van der Waals surface area contributed by atoms with E-state index in [0.717, 1.165) is 43.2 Å². The molecule has 0 aliphatic heterocycles. The summed E-state index contributed by atoms with van der Waals surface area (Å²) in [7, 11) is 1.69. The second kappa shape index (κ2) is 14.7. The van der Waals surface area contributed by atoms with Crippen molar-refractivity contribution < 1.29 is 53.7 Å². The molecule has 1 aromatic rings. The van der Waals surface area contributed by atoms with Crippen molar-refractivity contribution in [1.29, 1.82) is 0 Å². The molecule has 2 atom stereocenters. The van der Waals surface area contributed by atoms with Crippen molar-refractivity contribution in [2.75, 3.05) is 26.9 Å². The first-order chi connectivity index (χ1) is 15.6. The Balaban J connectivity index is 0.00000385. The number of hydrogen-bond donors (Lipinski definition) is 0. The molecule has 0 N–H and O–H groups in total. The summed E-state index contributed by atoms with van der Waals surface area (Å²) in [5.41, 5.74) is 4.53. The topological polar surface area (TPSA) is 80.2 Å². The fourth-order valence-corrected chi connectivity index (χ4v) is 4.24. The second-order valence-corrected chi connectivity index (χ2v) is 8.33. The van der Waals surface area contributed by atoms with Gasteiger partial charge in [0.15, 0.2) is 0 Å². The summed E-state index contributed by atoms with van der Waals surface area (Å²) in [5, 5.41) is 10.9. The van der Waals surface area contributed by atoms with E-state index >= 15 is 0 Å². The van der Waals surface area contributed by atoms with Crippen LogP contribution in [0.2, 0.25) is 0 Å². The first-order valence-electron chi connectivity index (χ1n) is 11.6. The van der Waals surface area contributed by atoms with Crippen LogP contribution < -0.4 is 34.7 Å². The first kappa shape index (κ1) is 27.8. The second-order valence-electron chi connectivity index (χ2n) is 8.33. The molecule has 1 saturated carbocycles. The van der Waals surface area contributed by atoms with E-state index in [9.17, 15) is 9.90 Å². The minimum absolute atomic E-state index is 0. The molecule has 2 aliphatic rings. The number of rotatable bonds is 12. The number of carboxylic acids is 1. The van der Waals surface area contributed by atoms with Gasteiger partial charge in [-0.2, -0.15) is 0 Å². The third-order valence-corrected chi connectivity index (χ3v) is 5.79. The Morgan fingerprint density at radius 3 is 2.70 bits per heavy atom. The normalized spacial score (nSPS) is 19.9. The van der Waals surface area contributed by atoms with Gasteiger partial charge in [0.2, 0.25) is 5.90 Å². The van der Waals surface area contributed by atoms with Crippen LogP contribution in [0.1, 0.15) is 56.6 Å². The number of carboxylic acid groups (broad SMARTS) is 1. The largest absolute Gasteiger partial charge is 1.00 e. The average Bonchev–Trinajstić information content (AvgIpc) is 3.18. The van der Waals surface area contributed by atoms with Crippen LogP contribution in [0.25, 0.3) is 0 Å². The number of carbonyl (C=O) groups excluding carboxylic acids is 1. The van der Waals surface area contributed by atoms with Gasteiger partial charge < -0.3 is 24.1 Å². The van der Waals surface area contributed by atoms with Crippen molar-refractivity contribution in [2.45, 2.75) is 58.2 Å². The Labute approximate surface area is 219 Å². The van der Waals surface area contributed by atoms with Crippen molar-refractivity contribution >= 4 is 11.9 Å². The number of fused-ring (bicyclic) bond motifs is 1. The van der Waals surface area contributed by atoms with Crippen LogP contribution in [0.4, 0.5) is 0 Å². The minimum atomic E-state index is -0.968. The average molecular weight is 464 g/mol. The molecule has 1 unspecified atom stereocenters. The fraction of sp³-hybridized carbons (Fsp3) is 0.538. The zero-order valence-electron chi connectivity index (χ0n) is 20.2. The number of nitrogens with zero attached hydrogens (tertiary/aromatic N) is 1. The number of benzene rings is 1. The zero-order valence-corrected chi connectivity index (χ0v) is 22.2. The van der Waals surface area contributed by atoms with Gasteiger partial charge in [-0.3, -0.25) is 4.99 Å². The van der Waals surface area contributed by atoms with E-state index in [-0.39, 0.29) is 48.0 Å². The van der Waals surface area contributed by atoms with Gasteiger partial charge in [-0.05, 0) is 73.3 Å². The predicted molar refractivity (Wildman–Crippen MR) is 122 cm³/mol. The van der Waals surface area contributed by atoms with E-state index in [1.165, 1.54) is 11.1 Å². The van der Waals surface area contributed by atoms with E-state index in [2.05, 4.69) is 24.1 Å². The van der Waals surface area contributed by atoms with Crippen molar-refractivity contribution in [1.82, 2.24) is 0 Å². The van der Waals surface area contributed by atoms with Crippen molar-refractivity contribution in [3.8, 4) is 0 Å². The summed E-state index contributed by atoms with van der Waals surface area (Å²) in [6.07, 6.45) is 8.85. The number of hydrogen-bond acceptors (Lipinski definition) is 6. The molecule has 6 nitrogen and oxygen atoms in total. The molecule has 0 saturated heterocycles. The quantitative estimate of drug-likeness (QED) is 0.196. The fourth-order valence-electron chi connectivity index (χ4n) is 4.24. The van der Waals surface area contributed by atoms with Gasteiger partial charge in [0, 0.05) is 31.8 Å². The van der Waals surface area contributed by atoms with Crippen LogP contribution >= 0.6 is 0 Å². The number of carbonyl (C=O) groups is 1. The van der Waals surface area contributed by atoms with Crippen LogP contribution in [0, 0.1) is 5.92 Å². The van der Waals surface area contributed by atoms with E-state index in [1.54, 1.807) is 7.11 Å². The molecular weight excluding hydrogens is 429 g/mol. The van der Waals surface area contributed by atoms with Gasteiger partial charge in [-0.1, -0.05) is 31.2 Å². The van der Waals surface area contributed by atoms with E-state index in [0.29, 0.717) is 32.3 Å². The molecule has 0 heterocycles. The van der Waals surface area contributed by atoms with E-state index in [4.69, 9.17) is 14.2 Å². The molecule has 0 spiro atoms. The summed E-state index contributed by atoms with van der Waals surface area (Å²) in [6, 6.07) is 8.11. The van der Waals surface area contributed by atoms with E-state index < -0.39 is 5.97 Å². The van der Waals surface area contributed by atoms with E-state index in [1.807, 2.05) is 24.3 Å². The maximum Gasteiger partial charge on any atom is 1.00 e. The van der Waals surface area contributed by atoms with Gasteiger partial charge in [-0.25, -0.2) is 0 Å². The minimum Gasteiger partial charge on any atom is -0.550 e. The molecule has 0 radical (unpaired) electrons. The van der Waals surface area contributed by atoms with Crippen molar-refractivity contribution in [2.24, 2.45) is 10.9 Å². The van der Waals surface area contributed by atoms with Gasteiger partial charge >= 0.3 is 29.6 Å². The number of methoxy groups -OCH3 is 1. The Morgan fingerprint density at radius 2 is 2.00 bits per heavy atom. The molecule has 174 valence electrons. The summed E-state index contributed by atoms with van der Waals surface area (Å²) in [6.45, 7) is 4.56. The number of aliphatic carboxylic acids is 1. The summed E-state index contributed by atoms with van der Waals surface area (Å²) in [5.74, 6) is -0.191. The molecule has 0 aromatic heterocycles. The van der Waals surface area contributed by atoms with Crippen LogP contribution in [0.5, 0.6) is 0 Å². The SMILES string of the molecule is CCCOC(=NCCCOC1C=C2CC[C@@H](CC(=O)[O-])C2=CC1)c1ccc(COC)cc1.[Na+]. The van der Waals surface area contributed by atoms with Crippen LogP contribution in [-0.4, -0.2) is 44.8 Å². The molecule has 33 heavy (non-hydrogen) atoms.